The molecule has 2 rings (SSSR count). The van der Waals surface area contributed by atoms with Gasteiger partial charge in [0, 0.05) is 30.6 Å². The third-order valence-corrected chi connectivity index (χ3v) is 4.85. The maximum atomic E-state index is 12.5. The average Bonchev–Trinajstić information content (AvgIpc) is 2.54. The Bertz CT molecular complexity index is 563. The van der Waals surface area contributed by atoms with Gasteiger partial charge in [-0.2, -0.15) is 0 Å². The van der Waals surface area contributed by atoms with Crippen LogP contribution in [0.15, 0.2) is 30.3 Å². The number of benzene rings is 1. The summed E-state index contributed by atoms with van der Waals surface area (Å²) in [6.45, 7) is 9.59. The molecular formula is C20H30N2O2. The van der Waals surface area contributed by atoms with E-state index in [4.69, 9.17) is 0 Å². The highest BCUT2D eigenvalue weighted by atomic mass is 16.2. The van der Waals surface area contributed by atoms with Crippen LogP contribution in [0.2, 0.25) is 0 Å². The van der Waals surface area contributed by atoms with Gasteiger partial charge in [0.1, 0.15) is 0 Å². The average molecular weight is 330 g/mol. The molecule has 1 aromatic carbocycles. The molecule has 1 aromatic rings. The van der Waals surface area contributed by atoms with E-state index in [1.807, 2.05) is 56.0 Å². The summed E-state index contributed by atoms with van der Waals surface area (Å²) in [5.74, 6) is 1.03. The Morgan fingerprint density at radius 1 is 1.17 bits per heavy atom. The van der Waals surface area contributed by atoms with E-state index in [1.165, 1.54) is 0 Å². The maximum absolute atomic E-state index is 12.5. The number of nitrogens with zero attached hydrogens (tertiary/aromatic N) is 1. The zero-order valence-corrected chi connectivity index (χ0v) is 15.3. The lowest BCUT2D eigenvalue weighted by atomic mass is 9.80. The molecule has 1 N–H and O–H groups in total. The summed E-state index contributed by atoms with van der Waals surface area (Å²) >= 11 is 0. The molecule has 0 saturated carbocycles. The smallest absolute Gasteiger partial charge is 0.227 e. The highest BCUT2D eigenvalue weighted by Crippen LogP contribution is 2.31. The van der Waals surface area contributed by atoms with E-state index >= 15 is 0 Å². The number of hydrogen-bond acceptors (Lipinski definition) is 2. The van der Waals surface area contributed by atoms with Crippen molar-refractivity contribution in [1.82, 2.24) is 4.90 Å². The minimum atomic E-state index is -0.337. The Hall–Kier alpha value is -1.84. The molecule has 0 aliphatic carbocycles. The van der Waals surface area contributed by atoms with Gasteiger partial charge in [-0.25, -0.2) is 0 Å². The predicted octanol–water partition coefficient (Wildman–Crippen LogP) is 3.94. The molecule has 0 unspecified atom stereocenters. The van der Waals surface area contributed by atoms with Crippen LogP contribution in [0.3, 0.4) is 0 Å². The number of carbonyl (C=O) groups excluding carboxylic acids is 2. The molecule has 1 saturated heterocycles. The summed E-state index contributed by atoms with van der Waals surface area (Å²) in [5.41, 5.74) is 0.506. The minimum Gasteiger partial charge on any atom is -0.342 e. The van der Waals surface area contributed by atoms with Gasteiger partial charge in [-0.3, -0.25) is 9.59 Å². The van der Waals surface area contributed by atoms with Crippen LogP contribution in [0.4, 0.5) is 5.69 Å². The number of amides is 2. The monoisotopic (exact) mass is 330 g/mol. The van der Waals surface area contributed by atoms with Crippen LogP contribution in [0, 0.1) is 17.3 Å². The van der Waals surface area contributed by atoms with E-state index in [0.29, 0.717) is 18.3 Å². The van der Waals surface area contributed by atoms with Crippen LogP contribution in [0.1, 0.15) is 47.0 Å². The summed E-state index contributed by atoms with van der Waals surface area (Å²) in [5, 5.41) is 2.97. The Labute approximate surface area is 145 Å². The van der Waals surface area contributed by atoms with Crippen LogP contribution >= 0.6 is 0 Å². The Morgan fingerprint density at radius 3 is 2.42 bits per heavy atom. The van der Waals surface area contributed by atoms with E-state index in [0.717, 1.165) is 31.6 Å². The van der Waals surface area contributed by atoms with Gasteiger partial charge in [0.05, 0.1) is 0 Å². The predicted molar refractivity (Wildman–Crippen MR) is 97.6 cm³/mol. The minimum absolute atomic E-state index is 0.0697. The molecule has 132 valence electrons. The normalized spacial score (nSPS) is 21.4. The first-order chi connectivity index (χ1) is 11.3. The molecule has 2 atom stereocenters. The SMILES string of the molecule is CC[C@H]1CN(C(=O)C(C)(C)C)CC[C@H]1CC(=O)Nc1ccccc1. The number of para-hydroxylation sites is 1. The molecule has 2 amide bonds. The fourth-order valence-electron chi connectivity index (χ4n) is 3.44. The van der Waals surface area contributed by atoms with Crippen molar-refractivity contribution < 1.29 is 9.59 Å². The van der Waals surface area contributed by atoms with Crippen molar-refractivity contribution in [2.75, 3.05) is 18.4 Å². The molecule has 1 fully saturated rings. The zero-order chi connectivity index (χ0) is 17.7. The highest BCUT2D eigenvalue weighted by molar-refractivity contribution is 5.90. The van der Waals surface area contributed by atoms with E-state index in [-0.39, 0.29) is 17.2 Å². The molecule has 0 aromatic heterocycles. The Kier molecular flexibility index (Phi) is 6.03. The number of anilines is 1. The van der Waals surface area contributed by atoms with Crippen LogP contribution < -0.4 is 5.32 Å². The fraction of sp³-hybridized carbons (Fsp3) is 0.600. The topological polar surface area (TPSA) is 49.4 Å². The van der Waals surface area contributed by atoms with E-state index < -0.39 is 0 Å². The lowest BCUT2D eigenvalue weighted by molar-refractivity contribution is -0.142. The molecule has 1 aliphatic rings. The van der Waals surface area contributed by atoms with E-state index in [9.17, 15) is 9.59 Å². The van der Waals surface area contributed by atoms with Gasteiger partial charge in [0.25, 0.3) is 0 Å². The summed E-state index contributed by atoms with van der Waals surface area (Å²) in [4.78, 5) is 26.8. The third kappa shape index (κ3) is 4.83. The molecule has 0 bridgehead atoms. The van der Waals surface area contributed by atoms with Crippen molar-refractivity contribution in [1.29, 1.82) is 0 Å². The molecule has 1 aliphatic heterocycles. The van der Waals surface area contributed by atoms with Crippen LogP contribution in [0.25, 0.3) is 0 Å². The van der Waals surface area contributed by atoms with Crippen molar-refractivity contribution in [3.63, 3.8) is 0 Å². The molecule has 0 spiro atoms. The Balaban J connectivity index is 1.92. The van der Waals surface area contributed by atoms with Crippen LogP contribution in [-0.4, -0.2) is 29.8 Å². The summed E-state index contributed by atoms with van der Waals surface area (Å²) in [6, 6.07) is 9.58. The maximum Gasteiger partial charge on any atom is 0.227 e. The number of piperidine rings is 1. The molecule has 1 heterocycles. The standard InChI is InChI=1S/C20H30N2O2/c1-5-15-14-22(19(24)20(2,3)4)12-11-16(15)13-18(23)21-17-9-7-6-8-10-17/h6-10,15-16H,5,11-14H2,1-4H3,(H,21,23)/t15-,16-/m0/s1. The van der Waals surface area contributed by atoms with Crippen LogP contribution in [-0.2, 0) is 9.59 Å². The van der Waals surface area contributed by atoms with Gasteiger partial charge in [0.15, 0.2) is 0 Å². The van der Waals surface area contributed by atoms with Crippen molar-refractivity contribution in [3.8, 4) is 0 Å². The zero-order valence-electron chi connectivity index (χ0n) is 15.3. The second kappa shape index (κ2) is 7.82. The molecule has 4 nitrogen and oxygen atoms in total. The third-order valence-electron chi connectivity index (χ3n) is 4.85. The quantitative estimate of drug-likeness (QED) is 0.909. The summed E-state index contributed by atoms with van der Waals surface area (Å²) in [7, 11) is 0. The number of nitrogens with one attached hydrogen (secondary N) is 1. The molecule has 24 heavy (non-hydrogen) atoms. The molecular weight excluding hydrogens is 300 g/mol. The van der Waals surface area contributed by atoms with Gasteiger partial charge in [-0.15, -0.1) is 0 Å². The van der Waals surface area contributed by atoms with Gasteiger partial charge < -0.3 is 10.2 Å². The van der Waals surface area contributed by atoms with Crippen molar-refractivity contribution in [2.45, 2.75) is 47.0 Å². The largest absolute Gasteiger partial charge is 0.342 e. The summed E-state index contributed by atoms with van der Waals surface area (Å²) in [6.07, 6.45) is 2.44. The number of rotatable bonds is 4. The van der Waals surface area contributed by atoms with Crippen molar-refractivity contribution in [2.24, 2.45) is 17.3 Å². The van der Waals surface area contributed by atoms with Crippen LogP contribution in [0.5, 0.6) is 0 Å². The van der Waals surface area contributed by atoms with E-state index in [1.54, 1.807) is 0 Å². The number of carbonyl (C=O) groups is 2. The highest BCUT2D eigenvalue weighted by Gasteiger charge is 2.35. The van der Waals surface area contributed by atoms with Gasteiger partial charge in [-0.05, 0) is 30.4 Å². The van der Waals surface area contributed by atoms with Crippen molar-refractivity contribution >= 4 is 17.5 Å². The second-order valence-electron chi connectivity index (χ2n) is 7.84. The number of hydrogen-bond donors (Lipinski definition) is 1. The molecule has 4 heteroatoms. The first kappa shape index (κ1) is 18.5. The van der Waals surface area contributed by atoms with Crippen molar-refractivity contribution in [3.05, 3.63) is 30.3 Å². The first-order valence-electron chi connectivity index (χ1n) is 8.95. The van der Waals surface area contributed by atoms with Gasteiger partial charge in [-0.1, -0.05) is 52.3 Å². The van der Waals surface area contributed by atoms with E-state index in [2.05, 4.69) is 12.2 Å². The lowest BCUT2D eigenvalue weighted by Crippen LogP contribution is -2.48. The lowest BCUT2D eigenvalue weighted by Gasteiger charge is -2.40. The first-order valence-corrected chi connectivity index (χ1v) is 8.95. The molecule has 0 radical (unpaired) electrons. The summed E-state index contributed by atoms with van der Waals surface area (Å²) < 4.78 is 0. The van der Waals surface area contributed by atoms with Gasteiger partial charge in [0.2, 0.25) is 11.8 Å². The van der Waals surface area contributed by atoms with Gasteiger partial charge >= 0.3 is 0 Å². The second-order valence-corrected chi connectivity index (χ2v) is 7.84. The Morgan fingerprint density at radius 2 is 1.83 bits per heavy atom. The number of likely N-dealkylation sites (tertiary alicyclic amines) is 1. The fourth-order valence-corrected chi connectivity index (χ4v) is 3.44.